The van der Waals surface area contributed by atoms with Crippen molar-refractivity contribution in [3.63, 3.8) is 0 Å². The molecule has 0 spiro atoms. The number of hydrogen-bond acceptors (Lipinski definition) is 6. The first kappa shape index (κ1) is 18.1. The summed E-state index contributed by atoms with van der Waals surface area (Å²) in [6.07, 6.45) is 3.97. The Kier molecular flexibility index (Phi) is 5.62. The summed E-state index contributed by atoms with van der Waals surface area (Å²) in [4.78, 5) is 35.3. The third-order valence-corrected chi connectivity index (χ3v) is 4.36. The summed E-state index contributed by atoms with van der Waals surface area (Å²) in [5.41, 5.74) is 1.51. The van der Waals surface area contributed by atoms with Crippen molar-refractivity contribution in [2.24, 2.45) is 0 Å². The van der Waals surface area contributed by atoms with Crippen LogP contribution in [0, 0.1) is 6.92 Å². The van der Waals surface area contributed by atoms with E-state index in [4.69, 9.17) is 4.42 Å². The lowest BCUT2D eigenvalue weighted by Crippen LogP contribution is -2.59. The van der Waals surface area contributed by atoms with E-state index >= 15 is 0 Å². The van der Waals surface area contributed by atoms with Crippen LogP contribution in [0.1, 0.15) is 34.6 Å². The van der Waals surface area contributed by atoms with Crippen molar-refractivity contribution >= 4 is 11.8 Å². The zero-order valence-corrected chi connectivity index (χ0v) is 15.0. The summed E-state index contributed by atoms with van der Waals surface area (Å²) in [5, 5.41) is 6.06. The van der Waals surface area contributed by atoms with Crippen molar-refractivity contribution in [3.05, 3.63) is 47.4 Å². The van der Waals surface area contributed by atoms with Gasteiger partial charge < -0.3 is 20.0 Å². The highest BCUT2D eigenvalue weighted by atomic mass is 16.4. The van der Waals surface area contributed by atoms with Gasteiger partial charge >= 0.3 is 0 Å². The molecular formula is C18H23N5O3. The predicted molar refractivity (Wildman–Crippen MR) is 94.4 cm³/mol. The van der Waals surface area contributed by atoms with E-state index in [-0.39, 0.29) is 17.6 Å². The summed E-state index contributed by atoms with van der Waals surface area (Å²) in [5.74, 6) is 0.255. The van der Waals surface area contributed by atoms with Crippen LogP contribution in [0.5, 0.6) is 0 Å². The minimum Gasteiger partial charge on any atom is -0.435 e. The number of aromatic nitrogens is 2. The van der Waals surface area contributed by atoms with Gasteiger partial charge in [0.15, 0.2) is 5.89 Å². The fraction of sp³-hybridized carbons (Fsp3) is 0.444. The van der Waals surface area contributed by atoms with Crippen molar-refractivity contribution in [1.82, 2.24) is 25.5 Å². The normalized spacial score (nSPS) is 17.2. The molecule has 2 aromatic rings. The molecule has 2 amide bonds. The maximum atomic E-state index is 12.9. The molecule has 0 saturated carbocycles. The minimum atomic E-state index is -0.590. The number of aryl methyl sites for hydroxylation is 2. The number of rotatable bonds is 5. The smallest absolute Gasteiger partial charge is 0.292 e. The third-order valence-electron chi connectivity index (χ3n) is 4.36. The van der Waals surface area contributed by atoms with Gasteiger partial charge in [0.05, 0.1) is 5.69 Å². The Hall–Kier alpha value is -2.74. The molecule has 8 nitrogen and oxygen atoms in total. The number of carbonyl (C=O) groups is 2. The quantitative estimate of drug-likeness (QED) is 0.816. The molecule has 3 heterocycles. The second-order valence-electron chi connectivity index (χ2n) is 6.17. The lowest BCUT2D eigenvalue weighted by molar-refractivity contribution is -0.126. The molecule has 3 rings (SSSR count). The van der Waals surface area contributed by atoms with Crippen LogP contribution in [0.25, 0.3) is 0 Å². The second-order valence-corrected chi connectivity index (χ2v) is 6.17. The Morgan fingerprint density at radius 2 is 2.15 bits per heavy atom. The fourth-order valence-electron chi connectivity index (χ4n) is 2.92. The summed E-state index contributed by atoms with van der Waals surface area (Å²) < 4.78 is 5.57. The van der Waals surface area contributed by atoms with Gasteiger partial charge in [0, 0.05) is 45.0 Å². The molecule has 138 valence electrons. The lowest BCUT2D eigenvalue weighted by Gasteiger charge is -2.34. The van der Waals surface area contributed by atoms with E-state index in [2.05, 4.69) is 20.6 Å². The minimum absolute atomic E-state index is 0.199. The second kappa shape index (κ2) is 8.09. The van der Waals surface area contributed by atoms with Crippen molar-refractivity contribution in [1.29, 1.82) is 0 Å². The molecule has 1 fully saturated rings. The van der Waals surface area contributed by atoms with Crippen molar-refractivity contribution in [3.8, 4) is 0 Å². The highest BCUT2D eigenvalue weighted by Gasteiger charge is 2.34. The molecule has 0 aliphatic carbocycles. The van der Waals surface area contributed by atoms with Gasteiger partial charge in [-0.05, 0) is 24.6 Å². The molecule has 0 radical (unpaired) electrons. The highest BCUT2D eigenvalue weighted by Crippen LogP contribution is 2.16. The molecule has 1 saturated heterocycles. The Labute approximate surface area is 152 Å². The van der Waals surface area contributed by atoms with Crippen molar-refractivity contribution in [2.45, 2.75) is 32.9 Å². The number of piperazine rings is 1. The number of nitrogens with one attached hydrogen (secondary N) is 2. The van der Waals surface area contributed by atoms with Crippen LogP contribution in [0.3, 0.4) is 0 Å². The number of hydrogen-bond donors (Lipinski definition) is 2. The van der Waals surface area contributed by atoms with Crippen LogP contribution in [0.15, 0.2) is 28.9 Å². The molecule has 0 aromatic carbocycles. The van der Waals surface area contributed by atoms with Gasteiger partial charge in [-0.25, -0.2) is 4.98 Å². The summed E-state index contributed by atoms with van der Waals surface area (Å²) in [6, 6.07) is 3.09. The molecule has 0 bridgehead atoms. The average Bonchev–Trinajstić information content (AvgIpc) is 3.07. The maximum Gasteiger partial charge on any atom is 0.292 e. The molecule has 1 aliphatic rings. The van der Waals surface area contributed by atoms with Gasteiger partial charge in [-0.1, -0.05) is 6.92 Å². The zero-order valence-electron chi connectivity index (χ0n) is 15.0. The van der Waals surface area contributed by atoms with E-state index in [0.29, 0.717) is 44.2 Å². The first-order valence-electron chi connectivity index (χ1n) is 8.74. The van der Waals surface area contributed by atoms with E-state index in [1.807, 2.05) is 19.1 Å². The van der Waals surface area contributed by atoms with Crippen LogP contribution in [-0.4, -0.2) is 52.4 Å². The average molecular weight is 357 g/mol. The largest absolute Gasteiger partial charge is 0.435 e. The molecule has 8 heteroatoms. The molecule has 2 aromatic heterocycles. The van der Waals surface area contributed by atoms with E-state index in [9.17, 15) is 9.59 Å². The summed E-state index contributed by atoms with van der Waals surface area (Å²) >= 11 is 0. The maximum absolute atomic E-state index is 12.9. The zero-order chi connectivity index (χ0) is 18.5. The Morgan fingerprint density at radius 1 is 1.38 bits per heavy atom. The highest BCUT2D eigenvalue weighted by molar-refractivity contribution is 5.96. The molecule has 1 atom stereocenters. The van der Waals surface area contributed by atoms with E-state index in [0.717, 1.165) is 5.56 Å². The van der Waals surface area contributed by atoms with Gasteiger partial charge in [0.25, 0.3) is 5.91 Å². The van der Waals surface area contributed by atoms with Crippen LogP contribution < -0.4 is 10.6 Å². The van der Waals surface area contributed by atoms with Gasteiger partial charge in [-0.2, -0.15) is 0 Å². The Morgan fingerprint density at radius 3 is 2.85 bits per heavy atom. The van der Waals surface area contributed by atoms with E-state index in [1.54, 1.807) is 24.2 Å². The SMILES string of the molecule is CCc1nc(C)c(C(=O)N2CCNC[C@H]2C(=O)NCc2ccncc2)o1. The van der Waals surface area contributed by atoms with Crippen LogP contribution >= 0.6 is 0 Å². The standard InChI is InChI=1S/C18H23N5O3/c1-3-15-22-12(2)16(26-15)18(25)23-9-8-20-11-14(23)17(24)21-10-13-4-6-19-7-5-13/h4-7,14,20H,3,8-11H2,1-2H3,(H,21,24)/t14-/m0/s1. The van der Waals surface area contributed by atoms with Crippen molar-refractivity contribution < 1.29 is 14.0 Å². The molecule has 26 heavy (non-hydrogen) atoms. The van der Waals surface area contributed by atoms with Crippen LogP contribution in [-0.2, 0) is 17.8 Å². The number of pyridine rings is 1. The van der Waals surface area contributed by atoms with Crippen LogP contribution in [0.4, 0.5) is 0 Å². The van der Waals surface area contributed by atoms with Gasteiger partial charge in [-0.15, -0.1) is 0 Å². The topological polar surface area (TPSA) is 100 Å². The number of oxazole rings is 1. The first-order valence-corrected chi connectivity index (χ1v) is 8.74. The van der Waals surface area contributed by atoms with Crippen LogP contribution in [0.2, 0.25) is 0 Å². The van der Waals surface area contributed by atoms with Gasteiger partial charge in [0.1, 0.15) is 6.04 Å². The van der Waals surface area contributed by atoms with Crippen molar-refractivity contribution in [2.75, 3.05) is 19.6 Å². The molecule has 2 N–H and O–H groups in total. The predicted octanol–water partition coefficient (Wildman–Crippen LogP) is 0.671. The molecular weight excluding hydrogens is 334 g/mol. The Bertz CT molecular complexity index is 774. The number of amides is 2. The third kappa shape index (κ3) is 3.91. The monoisotopic (exact) mass is 357 g/mol. The van der Waals surface area contributed by atoms with E-state index in [1.165, 1.54) is 0 Å². The number of nitrogens with zero attached hydrogens (tertiary/aromatic N) is 3. The summed E-state index contributed by atoms with van der Waals surface area (Å²) in [7, 11) is 0. The fourth-order valence-corrected chi connectivity index (χ4v) is 2.92. The number of carbonyl (C=O) groups excluding carboxylic acids is 2. The van der Waals surface area contributed by atoms with Gasteiger partial charge in [-0.3, -0.25) is 14.6 Å². The summed E-state index contributed by atoms with van der Waals surface area (Å²) in [6.45, 7) is 5.53. The van der Waals surface area contributed by atoms with Gasteiger partial charge in [0.2, 0.25) is 11.7 Å². The first-order chi connectivity index (χ1) is 12.6. The Balaban J connectivity index is 1.71. The molecule has 1 aliphatic heterocycles. The van der Waals surface area contributed by atoms with E-state index < -0.39 is 6.04 Å². The lowest BCUT2D eigenvalue weighted by atomic mass is 10.1. The molecule has 0 unspecified atom stereocenters.